The molecule has 4 nitrogen and oxygen atoms in total. The highest BCUT2D eigenvalue weighted by Crippen LogP contribution is 2.35. The fourth-order valence-electron chi connectivity index (χ4n) is 2.09. The summed E-state index contributed by atoms with van der Waals surface area (Å²) < 4.78 is 29.2. The van der Waals surface area contributed by atoms with E-state index < -0.39 is 9.84 Å². The molecule has 0 aliphatic rings. The maximum Gasteiger partial charge on any atom is 0.178 e. The number of nitrogens with zero attached hydrogens (tertiary/aromatic N) is 1. The summed E-state index contributed by atoms with van der Waals surface area (Å²) in [7, 11) is -1.87. The second kappa shape index (κ2) is 6.39. The molecular weight excluding hydrogens is 322 g/mol. The maximum atomic E-state index is 12.0. The van der Waals surface area contributed by atoms with E-state index in [4.69, 9.17) is 16.3 Å². The second-order valence-corrected chi connectivity index (χ2v) is 7.28. The summed E-state index contributed by atoms with van der Waals surface area (Å²) in [5.74, 6) is 0.393. The van der Waals surface area contributed by atoms with E-state index in [2.05, 4.69) is 6.07 Å². The lowest BCUT2D eigenvalue weighted by molar-refractivity contribution is 0.415. The maximum absolute atomic E-state index is 12.0. The molecule has 0 fully saturated rings. The van der Waals surface area contributed by atoms with Crippen molar-refractivity contribution in [3.8, 4) is 22.9 Å². The Bertz CT molecular complexity index is 854. The van der Waals surface area contributed by atoms with Gasteiger partial charge in [0.05, 0.1) is 29.4 Å². The molecule has 0 N–H and O–H groups in total. The third-order valence-electron chi connectivity index (χ3n) is 3.30. The van der Waals surface area contributed by atoms with Crippen molar-refractivity contribution in [3.63, 3.8) is 0 Å². The summed E-state index contributed by atoms with van der Waals surface area (Å²) in [5, 5.41) is 9.71. The Kier molecular flexibility index (Phi) is 4.74. The normalized spacial score (nSPS) is 11.0. The number of ether oxygens (including phenoxy) is 1. The Hall–Kier alpha value is -2.03. The van der Waals surface area contributed by atoms with Gasteiger partial charge in [0.2, 0.25) is 0 Å². The van der Waals surface area contributed by atoms with Crippen LogP contribution in [0.5, 0.6) is 5.75 Å². The SMILES string of the molecule is CCS(=O)(=O)c1ccc(-c2cc(Cl)ccc2C#N)c(OC)c1. The van der Waals surface area contributed by atoms with Crippen molar-refractivity contribution < 1.29 is 13.2 Å². The van der Waals surface area contributed by atoms with Crippen LogP contribution in [-0.4, -0.2) is 21.3 Å². The van der Waals surface area contributed by atoms with Gasteiger partial charge in [0.15, 0.2) is 9.84 Å². The molecule has 0 saturated carbocycles. The van der Waals surface area contributed by atoms with E-state index in [1.165, 1.54) is 19.2 Å². The number of benzene rings is 2. The van der Waals surface area contributed by atoms with Gasteiger partial charge in [-0.05, 0) is 36.4 Å². The Morgan fingerprint density at radius 3 is 2.50 bits per heavy atom. The number of hydrogen-bond donors (Lipinski definition) is 0. The van der Waals surface area contributed by atoms with Crippen LogP contribution in [0.2, 0.25) is 5.02 Å². The van der Waals surface area contributed by atoms with Crippen molar-refractivity contribution in [1.29, 1.82) is 5.26 Å². The molecule has 0 bridgehead atoms. The number of nitriles is 1. The van der Waals surface area contributed by atoms with Gasteiger partial charge >= 0.3 is 0 Å². The Balaban J connectivity index is 2.68. The molecule has 2 aromatic carbocycles. The van der Waals surface area contributed by atoms with Gasteiger partial charge in [-0.25, -0.2) is 8.42 Å². The topological polar surface area (TPSA) is 67.2 Å². The van der Waals surface area contributed by atoms with Gasteiger partial charge in [-0.2, -0.15) is 5.26 Å². The molecule has 0 unspecified atom stereocenters. The Morgan fingerprint density at radius 2 is 1.91 bits per heavy atom. The van der Waals surface area contributed by atoms with Crippen molar-refractivity contribution in [2.24, 2.45) is 0 Å². The minimum absolute atomic E-state index is 0.0100. The van der Waals surface area contributed by atoms with Crippen molar-refractivity contribution in [3.05, 3.63) is 47.0 Å². The van der Waals surface area contributed by atoms with Gasteiger partial charge in [0, 0.05) is 16.1 Å². The van der Waals surface area contributed by atoms with E-state index in [0.717, 1.165) is 0 Å². The van der Waals surface area contributed by atoms with Crippen LogP contribution < -0.4 is 4.74 Å². The average molecular weight is 336 g/mol. The van der Waals surface area contributed by atoms with Crippen LogP contribution in [0.3, 0.4) is 0 Å². The van der Waals surface area contributed by atoms with Crippen LogP contribution in [0.4, 0.5) is 0 Å². The number of methoxy groups -OCH3 is 1. The molecule has 0 radical (unpaired) electrons. The fourth-order valence-corrected chi connectivity index (χ4v) is 3.16. The van der Waals surface area contributed by atoms with E-state index >= 15 is 0 Å². The van der Waals surface area contributed by atoms with Gasteiger partial charge in [0.25, 0.3) is 0 Å². The standard InChI is InChI=1S/C16H14ClNO3S/c1-3-22(19,20)13-6-7-14(16(9-13)21-2)15-8-12(17)5-4-11(15)10-18/h4-9H,3H2,1-2H3. The smallest absolute Gasteiger partial charge is 0.178 e. The van der Waals surface area contributed by atoms with Crippen LogP contribution in [0.25, 0.3) is 11.1 Å². The molecule has 0 amide bonds. The first-order valence-corrected chi connectivity index (χ1v) is 8.56. The van der Waals surface area contributed by atoms with Gasteiger partial charge < -0.3 is 4.74 Å². The molecule has 0 aliphatic carbocycles. The lowest BCUT2D eigenvalue weighted by Gasteiger charge is -2.12. The first kappa shape index (κ1) is 16.3. The monoisotopic (exact) mass is 335 g/mol. The minimum atomic E-state index is -3.32. The highest BCUT2D eigenvalue weighted by atomic mass is 35.5. The Morgan fingerprint density at radius 1 is 1.18 bits per heavy atom. The van der Waals surface area contributed by atoms with Crippen LogP contribution in [-0.2, 0) is 9.84 Å². The summed E-state index contributed by atoms with van der Waals surface area (Å²) in [6, 6.07) is 11.6. The first-order valence-electron chi connectivity index (χ1n) is 6.53. The summed E-state index contributed by atoms with van der Waals surface area (Å²) >= 11 is 6.00. The van der Waals surface area contributed by atoms with Crippen LogP contribution in [0.15, 0.2) is 41.3 Å². The first-order chi connectivity index (χ1) is 10.4. The molecule has 22 heavy (non-hydrogen) atoms. The summed E-state index contributed by atoms with van der Waals surface area (Å²) in [5.41, 5.74) is 1.66. The lowest BCUT2D eigenvalue weighted by Crippen LogP contribution is -2.04. The second-order valence-electron chi connectivity index (χ2n) is 4.57. The molecule has 2 aromatic rings. The van der Waals surface area contributed by atoms with Crippen LogP contribution in [0, 0.1) is 11.3 Å². The summed E-state index contributed by atoms with van der Waals surface area (Å²) in [6.45, 7) is 1.58. The number of halogens is 1. The minimum Gasteiger partial charge on any atom is -0.496 e. The number of hydrogen-bond acceptors (Lipinski definition) is 4. The zero-order valence-corrected chi connectivity index (χ0v) is 13.7. The van der Waals surface area contributed by atoms with Gasteiger partial charge in [-0.15, -0.1) is 0 Å². The summed E-state index contributed by atoms with van der Waals surface area (Å²) in [4.78, 5) is 0.191. The summed E-state index contributed by atoms with van der Waals surface area (Å²) in [6.07, 6.45) is 0. The third-order valence-corrected chi connectivity index (χ3v) is 5.27. The zero-order valence-electron chi connectivity index (χ0n) is 12.1. The van der Waals surface area contributed by atoms with E-state index in [-0.39, 0.29) is 10.6 Å². The molecule has 0 heterocycles. The van der Waals surface area contributed by atoms with Crippen LogP contribution >= 0.6 is 11.6 Å². The van der Waals surface area contributed by atoms with Gasteiger partial charge in [-0.1, -0.05) is 18.5 Å². The van der Waals surface area contributed by atoms with Crippen molar-refractivity contribution >= 4 is 21.4 Å². The molecule has 0 spiro atoms. The van der Waals surface area contributed by atoms with Gasteiger partial charge in [0.1, 0.15) is 5.75 Å². The van der Waals surface area contributed by atoms with Gasteiger partial charge in [-0.3, -0.25) is 0 Å². The molecule has 0 atom stereocenters. The predicted molar refractivity (Wildman–Crippen MR) is 85.9 cm³/mol. The number of rotatable bonds is 4. The fraction of sp³-hybridized carbons (Fsp3) is 0.188. The predicted octanol–water partition coefficient (Wildman–Crippen LogP) is 3.68. The third kappa shape index (κ3) is 3.08. The lowest BCUT2D eigenvalue weighted by atomic mass is 9.99. The highest BCUT2D eigenvalue weighted by molar-refractivity contribution is 7.91. The Labute approximate surface area is 134 Å². The molecule has 0 aliphatic heterocycles. The van der Waals surface area contributed by atoms with Crippen LogP contribution in [0.1, 0.15) is 12.5 Å². The molecule has 0 saturated heterocycles. The highest BCUT2D eigenvalue weighted by Gasteiger charge is 2.17. The van der Waals surface area contributed by atoms with Crippen molar-refractivity contribution in [2.75, 3.05) is 12.9 Å². The largest absolute Gasteiger partial charge is 0.496 e. The molecule has 6 heteroatoms. The van der Waals surface area contributed by atoms with E-state index in [1.807, 2.05) is 0 Å². The number of sulfone groups is 1. The average Bonchev–Trinajstić information content (AvgIpc) is 2.54. The molecular formula is C16H14ClNO3S. The van der Waals surface area contributed by atoms with E-state index in [9.17, 15) is 13.7 Å². The van der Waals surface area contributed by atoms with E-state index in [1.54, 1.807) is 31.2 Å². The van der Waals surface area contributed by atoms with E-state index in [0.29, 0.717) is 27.5 Å². The van der Waals surface area contributed by atoms with Crippen molar-refractivity contribution in [1.82, 2.24) is 0 Å². The molecule has 0 aromatic heterocycles. The van der Waals surface area contributed by atoms with Crippen molar-refractivity contribution in [2.45, 2.75) is 11.8 Å². The zero-order chi connectivity index (χ0) is 16.3. The molecule has 114 valence electrons. The quantitative estimate of drug-likeness (QED) is 0.854. The molecule has 2 rings (SSSR count).